The van der Waals surface area contributed by atoms with Crippen LogP contribution in [0.15, 0.2) is 59.7 Å². The van der Waals surface area contributed by atoms with Crippen molar-refractivity contribution in [2.24, 2.45) is 5.10 Å². The summed E-state index contributed by atoms with van der Waals surface area (Å²) in [6.07, 6.45) is 1.58. The van der Waals surface area contributed by atoms with Crippen LogP contribution in [0.2, 0.25) is 0 Å². The largest absolute Gasteiger partial charge is 0.488 e. The molecule has 0 fully saturated rings. The fraction of sp³-hybridized carbons (Fsp3) is 0.222. The number of aliphatic hydroxyl groups is 1. The summed E-state index contributed by atoms with van der Waals surface area (Å²) in [5.74, 6) is 0.531. The Morgan fingerprint density at radius 1 is 1.22 bits per heavy atom. The summed E-state index contributed by atoms with van der Waals surface area (Å²) in [5.41, 5.74) is 4.50. The Morgan fingerprint density at radius 3 is 2.61 bits per heavy atom. The lowest BCUT2D eigenvalue weighted by molar-refractivity contribution is -0.119. The molecule has 1 atom stereocenters. The Hall–Kier alpha value is -2.66. The number of benzene rings is 2. The molecular formula is C18H20N2O3. The average molecular weight is 312 g/mol. The van der Waals surface area contributed by atoms with Crippen molar-refractivity contribution in [1.82, 2.24) is 5.43 Å². The summed E-state index contributed by atoms with van der Waals surface area (Å²) >= 11 is 0. The van der Waals surface area contributed by atoms with Gasteiger partial charge >= 0.3 is 0 Å². The van der Waals surface area contributed by atoms with E-state index < -0.39 is 6.04 Å². The molecule has 2 aromatic carbocycles. The van der Waals surface area contributed by atoms with Crippen molar-refractivity contribution in [3.63, 3.8) is 0 Å². The number of carbonyl (C=O) groups is 1. The Kier molecular flexibility index (Phi) is 6.32. The number of carbonyl (C=O) groups excluding carboxylic acids is 1. The number of nitrogens with zero attached hydrogens (tertiary/aromatic N) is 1. The van der Waals surface area contributed by atoms with Gasteiger partial charge in [-0.15, -0.1) is 0 Å². The Bertz CT molecular complexity index is 656. The number of nitrogens with one attached hydrogen (secondary N) is 1. The van der Waals surface area contributed by atoms with Crippen LogP contribution in [0.4, 0.5) is 0 Å². The number of ketones is 1. The topological polar surface area (TPSA) is 70.9 Å². The smallest absolute Gasteiger partial charge is 0.155 e. The molecular weight excluding hydrogens is 292 g/mol. The molecule has 0 saturated carbocycles. The maximum Gasteiger partial charge on any atom is 0.155 e. The molecule has 0 aromatic heterocycles. The second-order valence-corrected chi connectivity index (χ2v) is 5.05. The van der Waals surface area contributed by atoms with Crippen molar-refractivity contribution in [1.29, 1.82) is 0 Å². The molecule has 0 heterocycles. The van der Waals surface area contributed by atoms with E-state index in [0.717, 1.165) is 11.1 Å². The van der Waals surface area contributed by atoms with Gasteiger partial charge in [-0.1, -0.05) is 42.5 Å². The molecule has 0 bridgehead atoms. The highest BCUT2D eigenvalue weighted by atomic mass is 16.5. The first-order chi connectivity index (χ1) is 11.2. The fourth-order valence-electron chi connectivity index (χ4n) is 1.91. The molecule has 2 N–H and O–H groups in total. The Labute approximate surface area is 135 Å². The molecule has 0 aliphatic carbocycles. The Balaban J connectivity index is 2.01. The van der Waals surface area contributed by atoms with Crippen molar-refractivity contribution >= 4 is 12.0 Å². The van der Waals surface area contributed by atoms with Crippen LogP contribution in [-0.4, -0.2) is 29.8 Å². The van der Waals surface area contributed by atoms with Gasteiger partial charge in [-0.2, -0.15) is 5.10 Å². The third-order valence-electron chi connectivity index (χ3n) is 3.26. The first-order valence-corrected chi connectivity index (χ1v) is 7.36. The van der Waals surface area contributed by atoms with Gasteiger partial charge in [-0.25, -0.2) is 0 Å². The maximum atomic E-state index is 11.2. The van der Waals surface area contributed by atoms with Crippen molar-refractivity contribution in [2.45, 2.75) is 19.6 Å². The summed E-state index contributed by atoms with van der Waals surface area (Å²) in [5, 5.41) is 13.1. The second kappa shape index (κ2) is 8.70. The molecule has 2 rings (SSSR count). The van der Waals surface area contributed by atoms with Gasteiger partial charge in [0.1, 0.15) is 18.4 Å². The van der Waals surface area contributed by atoms with E-state index in [-0.39, 0.29) is 12.4 Å². The number of hydrogen-bond donors (Lipinski definition) is 2. The van der Waals surface area contributed by atoms with Crippen LogP contribution in [0.5, 0.6) is 5.75 Å². The van der Waals surface area contributed by atoms with E-state index in [2.05, 4.69) is 10.5 Å². The van der Waals surface area contributed by atoms with Crippen molar-refractivity contribution in [2.75, 3.05) is 6.61 Å². The number of ether oxygens (including phenoxy) is 1. The van der Waals surface area contributed by atoms with E-state index in [9.17, 15) is 4.79 Å². The van der Waals surface area contributed by atoms with Gasteiger partial charge in [0, 0.05) is 5.56 Å². The predicted molar refractivity (Wildman–Crippen MR) is 89.5 cm³/mol. The monoisotopic (exact) mass is 312 g/mol. The third-order valence-corrected chi connectivity index (χ3v) is 3.26. The fourth-order valence-corrected chi connectivity index (χ4v) is 1.91. The molecule has 2 aromatic rings. The van der Waals surface area contributed by atoms with Crippen LogP contribution in [-0.2, 0) is 11.4 Å². The number of hydrogen-bond acceptors (Lipinski definition) is 5. The molecule has 0 aliphatic rings. The number of hydrazone groups is 1. The zero-order valence-corrected chi connectivity index (χ0v) is 13.0. The van der Waals surface area contributed by atoms with Gasteiger partial charge in [0.2, 0.25) is 0 Å². The molecule has 0 spiro atoms. The lowest BCUT2D eigenvalue weighted by Crippen LogP contribution is -2.35. The van der Waals surface area contributed by atoms with Gasteiger partial charge in [0.25, 0.3) is 0 Å². The summed E-state index contributed by atoms with van der Waals surface area (Å²) in [6.45, 7) is 1.57. The summed E-state index contributed by atoms with van der Waals surface area (Å²) in [6, 6.07) is 16.7. The molecule has 5 nitrogen and oxygen atoms in total. The first-order valence-electron chi connectivity index (χ1n) is 7.36. The van der Waals surface area contributed by atoms with Gasteiger partial charge < -0.3 is 9.84 Å². The lowest BCUT2D eigenvalue weighted by Gasteiger charge is -2.11. The summed E-state index contributed by atoms with van der Waals surface area (Å²) in [4.78, 5) is 11.2. The van der Waals surface area contributed by atoms with Crippen LogP contribution in [0.1, 0.15) is 18.1 Å². The molecule has 0 aliphatic heterocycles. The van der Waals surface area contributed by atoms with E-state index in [1.54, 1.807) is 6.21 Å². The van der Waals surface area contributed by atoms with Gasteiger partial charge in [0.15, 0.2) is 5.78 Å². The van der Waals surface area contributed by atoms with Crippen molar-refractivity contribution in [3.8, 4) is 5.75 Å². The van der Waals surface area contributed by atoms with Gasteiger partial charge in [-0.3, -0.25) is 10.2 Å². The zero-order valence-electron chi connectivity index (χ0n) is 13.0. The molecule has 1 unspecified atom stereocenters. The summed E-state index contributed by atoms with van der Waals surface area (Å²) in [7, 11) is 0. The second-order valence-electron chi connectivity index (χ2n) is 5.05. The number of para-hydroxylation sites is 1. The van der Waals surface area contributed by atoms with Crippen LogP contribution < -0.4 is 10.2 Å². The van der Waals surface area contributed by atoms with E-state index in [1.807, 2.05) is 54.6 Å². The molecule has 120 valence electrons. The average Bonchev–Trinajstić information content (AvgIpc) is 2.58. The normalized spacial score (nSPS) is 12.1. The van der Waals surface area contributed by atoms with Crippen molar-refractivity contribution < 1.29 is 14.6 Å². The number of rotatable bonds is 8. The third kappa shape index (κ3) is 5.23. The minimum atomic E-state index is -0.691. The first kappa shape index (κ1) is 16.7. The van der Waals surface area contributed by atoms with Gasteiger partial charge in [0.05, 0.1) is 12.8 Å². The van der Waals surface area contributed by atoms with Crippen LogP contribution in [0.25, 0.3) is 0 Å². The lowest BCUT2D eigenvalue weighted by atomic mass is 10.2. The Morgan fingerprint density at radius 2 is 1.91 bits per heavy atom. The summed E-state index contributed by atoms with van der Waals surface area (Å²) < 4.78 is 5.82. The van der Waals surface area contributed by atoms with Crippen LogP contribution in [0.3, 0.4) is 0 Å². The predicted octanol–water partition coefficient (Wildman–Crippen LogP) is 2.14. The zero-order chi connectivity index (χ0) is 16.5. The highest BCUT2D eigenvalue weighted by Crippen LogP contribution is 2.17. The molecule has 5 heteroatoms. The van der Waals surface area contributed by atoms with E-state index in [1.165, 1.54) is 6.92 Å². The highest BCUT2D eigenvalue weighted by Gasteiger charge is 2.10. The quantitative estimate of drug-likeness (QED) is 0.579. The van der Waals surface area contributed by atoms with E-state index >= 15 is 0 Å². The minimum absolute atomic E-state index is 0.168. The molecule has 0 radical (unpaired) electrons. The highest BCUT2D eigenvalue weighted by molar-refractivity contribution is 5.84. The minimum Gasteiger partial charge on any atom is -0.488 e. The SMILES string of the molecule is CC(=O)C(CO)NN=Cc1ccccc1OCc1ccccc1. The van der Waals surface area contributed by atoms with E-state index in [4.69, 9.17) is 9.84 Å². The molecule has 0 amide bonds. The van der Waals surface area contributed by atoms with Crippen LogP contribution >= 0.6 is 0 Å². The van der Waals surface area contributed by atoms with Crippen molar-refractivity contribution in [3.05, 3.63) is 65.7 Å². The number of Topliss-reactive ketones (excluding diaryl/α,β-unsaturated/α-hetero) is 1. The van der Waals surface area contributed by atoms with Gasteiger partial charge in [-0.05, 0) is 24.6 Å². The maximum absolute atomic E-state index is 11.2. The number of aliphatic hydroxyl groups excluding tert-OH is 1. The molecule has 0 saturated heterocycles. The molecule has 23 heavy (non-hydrogen) atoms. The van der Waals surface area contributed by atoms with E-state index in [0.29, 0.717) is 12.4 Å². The van der Waals surface area contributed by atoms with Crippen LogP contribution in [0, 0.1) is 0 Å². The standard InChI is InChI=1S/C18H20N2O3/c1-14(22)17(12-21)20-19-11-16-9-5-6-10-18(16)23-13-15-7-3-2-4-8-15/h2-11,17,20-21H,12-13H2,1H3.